The van der Waals surface area contributed by atoms with Gasteiger partial charge in [-0.1, -0.05) is 43.6 Å². The molecule has 0 aliphatic heterocycles. The van der Waals surface area contributed by atoms with Gasteiger partial charge in [-0.3, -0.25) is 0 Å². The van der Waals surface area contributed by atoms with Gasteiger partial charge in [0.25, 0.3) is 0 Å². The molecule has 98 valence electrons. The Bertz CT molecular complexity index is 283. The van der Waals surface area contributed by atoms with E-state index in [4.69, 9.17) is 0 Å². The minimum absolute atomic E-state index is 0.186. The summed E-state index contributed by atoms with van der Waals surface area (Å²) in [4.78, 5) is 0. The first kappa shape index (κ1) is 16.4. The van der Waals surface area contributed by atoms with E-state index >= 15 is 0 Å². The Morgan fingerprint density at radius 1 is 1.31 bits per heavy atom. The number of nitrogens with one attached hydrogen (secondary N) is 1. The molecule has 1 atom stereocenters. The van der Waals surface area contributed by atoms with Crippen molar-refractivity contribution in [1.82, 2.24) is 4.72 Å². The fourth-order valence-electron chi connectivity index (χ4n) is 1.38. The largest absolute Gasteiger partial charge is 0.215 e. The van der Waals surface area contributed by atoms with E-state index in [9.17, 15) is 8.42 Å². The van der Waals surface area contributed by atoms with Gasteiger partial charge in [0.2, 0.25) is 10.0 Å². The van der Waals surface area contributed by atoms with Gasteiger partial charge >= 0.3 is 0 Å². The van der Waals surface area contributed by atoms with Gasteiger partial charge < -0.3 is 0 Å². The molecule has 16 heavy (non-hydrogen) atoms. The third-order valence-electron chi connectivity index (χ3n) is 2.08. The highest BCUT2D eigenvalue weighted by molar-refractivity contribution is 9.09. The van der Waals surface area contributed by atoms with Crippen LogP contribution in [-0.4, -0.2) is 26.0 Å². The number of hydrogen-bond donors (Lipinski definition) is 1. The van der Waals surface area contributed by atoms with Gasteiger partial charge in [-0.25, -0.2) is 13.1 Å². The smallest absolute Gasteiger partial charge is 0.212 e. The Morgan fingerprint density at radius 3 is 2.31 bits per heavy atom. The van der Waals surface area contributed by atoms with Crippen molar-refractivity contribution in [1.29, 1.82) is 0 Å². The first-order valence-electron chi connectivity index (χ1n) is 5.69. The topological polar surface area (TPSA) is 46.2 Å². The maximum atomic E-state index is 11.6. The monoisotopic (exact) mass is 313 g/mol. The van der Waals surface area contributed by atoms with E-state index < -0.39 is 10.0 Å². The first-order chi connectivity index (χ1) is 7.16. The molecule has 0 aromatic heterocycles. The molecule has 3 nitrogen and oxygen atoms in total. The molecule has 0 rings (SSSR count). The zero-order valence-electron chi connectivity index (χ0n) is 10.7. The van der Waals surface area contributed by atoms with Crippen LogP contribution >= 0.6 is 15.9 Å². The molecule has 0 saturated heterocycles. The van der Waals surface area contributed by atoms with Gasteiger partial charge in [0.15, 0.2) is 0 Å². The first-order valence-corrected chi connectivity index (χ1v) is 8.47. The van der Waals surface area contributed by atoms with Gasteiger partial charge in [0.05, 0.1) is 5.75 Å². The average molecular weight is 314 g/mol. The minimum Gasteiger partial charge on any atom is -0.215 e. The Hall–Kier alpha value is 0.390. The Kier molecular flexibility index (Phi) is 7.14. The molecule has 0 radical (unpaired) electrons. The van der Waals surface area contributed by atoms with E-state index in [1.54, 1.807) is 0 Å². The van der Waals surface area contributed by atoms with E-state index in [-0.39, 0.29) is 11.2 Å². The fourth-order valence-corrected chi connectivity index (χ4v) is 3.40. The lowest BCUT2D eigenvalue weighted by Crippen LogP contribution is -2.33. The van der Waals surface area contributed by atoms with Gasteiger partial charge in [0, 0.05) is 11.9 Å². The van der Waals surface area contributed by atoms with Gasteiger partial charge in [0.1, 0.15) is 0 Å². The maximum absolute atomic E-state index is 11.6. The third-order valence-corrected chi connectivity index (χ3v) is 5.08. The number of hydrogen-bond acceptors (Lipinski definition) is 2. The molecular formula is C11H24BrNO2S. The van der Waals surface area contributed by atoms with Crippen LogP contribution in [0, 0.1) is 11.3 Å². The standard InChI is InChI=1S/C11H24BrNO2S/c1-10(8-12)6-5-7-13-16(14,15)9-11(2,3)4/h10,13H,5-9H2,1-4H3. The quantitative estimate of drug-likeness (QED) is 0.580. The Balaban J connectivity index is 3.84. The summed E-state index contributed by atoms with van der Waals surface area (Å²) in [7, 11) is -3.11. The van der Waals surface area contributed by atoms with Gasteiger partial charge in [-0.2, -0.15) is 0 Å². The van der Waals surface area contributed by atoms with E-state index in [0.29, 0.717) is 12.5 Å². The van der Waals surface area contributed by atoms with E-state index in [1.807, 2.05) is 20.8 Å². The summed E-state index contributed by atoms with van der Waals surface area (Å²) in [6.07, 6.45) is 1.94. The minimum atomic E-state index is -3.11. The van der Waals surface area contributed by atoms with Crippen molar-refractivity contribution in [2.45, 2.75) is 40.5 Å². The second-order valence-corrected chi connectivity index (χ2v) is 8.07. The molecule has 0 heterocycles. The average Bonchev–Trinajstić information content (AvgIpc) is 2.08. The second-order valence-electron chi connectivity index (χ2n) is 5.62. The van der Waals surface area contributed by atoms with Crippen molar-refractivity contribution in [2.75, 3.05) is 17.6 Å². The molecule has 0 aliphatic rings. The SMILES string of the molecule is CC(CBr)CCCNS(=O)(=O)CC(C)(C)C. The number of sulfonamides is 1. The molecule has 0 saturated carbocycles. The van der Waals surface area contributed by atoms with Crippen LogP contribution in [0.25, 0.3) is 0 Å². The molecule has 1 N–H and O–H groups in total. The zero-order valence-corrected chi connectivity index (χ0v) is 13.1. The van der Waals surface area contributed by atoms with Crippen LogP contribution in [0.1, 0.15) is 40.5 Å². The number of halogens is 1. The highest BCUT2D eigenvalue weighted by atomic mass is 79.9. The molecule has 0 aromatic rings. The molecule has 0 aromatic carbocycles. The normalized spacial score (nSPS) is 15.1. The third kappa shape index (κ3) is 9.60. The van der Waals surface area contributed by atoms with Crippen molar-refractivity contribution < 1.29 is 8.42 Å². The predicted octanol–water partition coefficient (Wildman–Crippen LogP) is 2.76. The van der Waals surface area contributed by atoms with E-state index in [0.717, 1.165) is 18.2 Å². The zero-order chi connectivity index (χ0) is 12.8. The van der Waals surface area contributed by atoms with Gasteiger partial charge in [-0.05, 0) is 24.2 Å². The fraction of sp³-hybridized carbons (Fsp3) is 1.00. The molecule has 0 aliphatic carbocycles. The summed E-state index contributed by atoms with van der Waals surface area (Å²) in [6.45, 7) is 8.49. The Labute approximate surface area is 109 Å². The Morgan fingerprint density at radius 2 is 1.88 bits per heavy atom. The lowest BCUT2D eigenvalue weighted by molar-refractivity contribution is 0.456. The van der Waals surface area contributed by atoms with Crippen molar-refractivity contribution in [3.63, 3.8) is 0 Å². The van der Waals surface area contributed by atoms with Crippen LogP contribution < -0.4 is 4.72 Å². The van der Waals surface area contributed by atoms with Crippen molar-refractivity contribution in [2.24, 2.45) is 11.3 Å². The van der Waals surface area contributed by atoms with E-state index in [1.165, 1.54) is 0 Å². The van der Waals surface area contributed by atoms with Crippen molar-refractivity contribution in [3.05, 3.63) is 0 Å². The summed E-state index contributed by atoms with van der Waals surface area (Å²) in [5, 5.41) is 0.974. The van der Waals surface area contributed by atoms with Crippen LogP contribution in [-0.2, 0) is 10.0 Å². The second kappa shape index (κ2) is 6.97. The molecule has 0 spiro atoms. The van der Waals surface area contributed by atoms with Crippen molar-refractivity contribution >= 4 is 26.0 Å². The van der Waals surface area contributed by atoms with Crippen LogP contribution in [0.15, 0.2) is 0 Å². The summed E-state index contributed by atoms with van der Waals surface area (Å²) >= 11 is 3.41. The highest BCUT2D eigenvalue weighted by Crippen LogP contribution is 2.15. The predicted molar refractivity (Wildman–Crippen MR) is 73.4 cm³/mol. The maximum Gasteiger partial charge on any atom is 0.212 e. The molecular weight excluding hydrogens is 290 g/mol. The van der Waals surface area contributed by atoms with Gasteiger partial charge in [-0.15, -0.1) is 0 Å². The molecule has 1 unspecified atom stereocenters. The van der Waals surface area contributed by atoms with Crippen molar-refractivity contribution in [3.8, 4) is 0 Å². The van der Waals surface area contributed by atoms with Crippen LogP contribution in [0.3, 0.4) is 0 Å². The molecule has 0 fully saturated rings. The summed E-state index contributed by atoms with van der Waals surface area (Å²) in [5.74, 6) is 0.792. The van der Waals surface area contributed by atoms with E-state index in [2.05, 4.69) is 27.6 Å². The summed E-state index contributed by atoms with van der Waals surface area (Å²) in [5.41, 5.74) is -0.186. The summed E-state index contributed by atoms with van der Waals surface area (Å²) in [6, 6.07) is 0. The molecule has 0 bridgehead atoms. The summed E-state index contributed by atoms with van der Waals surface area (Å²) < 4.78 is 25.9. The van der Waals surface area contributed by atoms with Crippen LogP contribution in [0.2, 0.25) is 0 Å². The van der Waals surface area contributed by atoms with Crippen LogP contribution in [0.4, 0.5) is 0 Å². The lowest BCUT2D eigenvalue weighted by atomic mass is 10.0. The molecule has 5 heteroatoms. The number of alkyl halides is 1. The lowest BCUT2D eigenvalue weighted by Gasteiger charge is -2.18. The number of rotatable bonds is 7. The molecule has 0 amide bonds. The van der Waals surface area contributed by atoms with Crippen LogP contribution in [0.5, 0.6) is 0 Å². The highest BCUT2D eigenvalue weighted by Gasteiger charge is 2.20.